The molecule has 0 aliphatic carbocycles. The number of amidine groups is 1. The Morgan fingerprint density at radius 2 is 2.05 bits per heavy atom. The molecule has 1 saturated heterocycles. The van der Waals surface area contributed by atoms with Crippen LogP contribution >= 0.6 is 0 Å². The van der Waals surface area contributed by atoms with Crippen molar-refractivity contribution in [1.29, 1.82) is 5.41 Å². The standard InChI is InChI=1S/C10H17N5O6/c1-13-5(4(11)8(12)15-20)9(19)14-10-7(18)6(17)3(2-16)21-10/h3,6-7,10-11,16-18,20H,2H2,1H3,(H2,12,15)(H,14,19). The van der Waals surface area contributed by atoms with E-state index in [-0.39, 0.29) is 0 Å². The summed E-state index contributed by atoms with van der Waals surface area (Å²) in [5.41, 5.74) is 4.12. The number of carbonyl (C=O) groups is 1. The van der Waals surface area contributed by atoms with Crippen LogP contribution in [0.2, 0.25) is 0 Å². The molecule has 0 radical (unpaired) electrons. The van der Waals surface area contributed by atoms with E-state index in [2.05, 4.69) is 15.5 Å². The first-order valence-corrected chi connectivity index (χ1v) is 5.84. The third-order valence-corrected chi connectivity index (χ3v) is 2.86. The Hall–Kier alpha value is -2.08. The summed E-state index contributed by atoms with van der Waals surface area (Å²) in [6.07, 6.45) is -5.16. The molecule has 11 nitrogen and oxygen atoms in total. The highest BCUT2D eigenvalue weighted by molar-refractivity contribution is 6.80. The molecule has 0 saturated carbocycles. The fourth-order valence-electron chi connectivity index (χ4n) is 1.71. The van der Waals surface area contributed by atoms with Gasteiger partial charge in [-0.25, -0.2) is 0 Å². The Labute approximate surface area is 119 Å². The molecule has 0 aromatic rings. The van der Waals surface area contributed by atoms with Crippen LogP contribution in [0.1, 0.15) is 0 Å². The zero-order valence-corrected chi connectivity index (χ0v) is 11.1. The van der Waals surface area contributed by atoms with E-state index in [0.29, 0.717) is 0 Å². The number of aliphatic hydroxyl groups is 3. The van der Waals surface area contributed by atoms with Crippen molar-refractivity contribution in [3.05, 3.63) is 0 Å². The predicted octanol–water partition coefficient (Wildman–Crippen LogP) is -3.62. The van der Waals surface area contributed by atoms with E-state index in [0.717, 1.165) is 0 Å². The largest absolute Gasteiger partial charge is 0.409 e. The monoisotopic (exact) mass is 303 g/mol. The van der Waals surface area contributed by atoms with Gasteiger partial charge in [-0.2, -0.15) is 0 Å². The molecule has 1 aliphatic rings. The minimum atomic E-state index is -1.46. The molecular weight excluding hydrogens is 286 g/mol. The van der Waals surface area contributed by atoms with Crippen molar-refractivity contribution in [3.63, 3.8) is 0 Å². The zero-order chi connectivity index (χ0) is 16.2. The average Bonchev–Trinajstić information content (AvgIpc) is 2.74. The number of aliphatic imine (C=N–C) groups is 1. The third-order valence-electron chi connectivity index (χ3n) is 2.86. The maximum atomic E-state index is 11.9. The minimum absolute atomic E-state index is 0.456. The van der Waals surface area contributed by atoms with Gasteiger partial charge < -0.3 is 36.3 Å². The summed E-state index contributed by atoms with van der Waals surface area (Å²) in [5, 5.41) is 48.9. The number of aliphatic hydroxyl groups excluding tert-OH is 3. The van der Waals surface area contributed by atoms with Crippen molar-refractivity contribution >= 4 is 23.2 Å². The molecule has 4 atom stereocenters. The van der Waals surface area contributed by atoms with Gasteiger partial charge in [0.25, 0.3) is 5.91 Å². The number of rotatable bonds is 5. The molecule has 0 aromatic carbocycles. The Bertz CT molecular complexity index is 479. The fourth-order valence-corrected chi connectivity index (χ4v) is 1.71. The van der Waals surface area contributed by atoms with Gasteiger partial charge in [0.15, 0.2) is 17.8 Å². The van der Waals surface area contributed by atoms with Crippen LogP contribution in [0.4, 0.5) is 0 Å². The highest BCUT2D eigenvalue weighted by Gasteiger charge is 2.43. The smallest absolute Gasteiger partial charge is 0.273 e. The summed E-state index contributed by atoms with van der Waals surface area (Å²) in [6, 6.07) is 0. The second kappa shape index (κ2) is 7.08. The lowest BCUT2D eigenvalue weighted by molar-refractivity contribution is -0.120. The van der Waals surface area contributed by atoms with Gasteiger partial charge in [-0.05, 0) is 0 Å². The van der Waals surface area contributed by atoms with E-state index < -0.39 is 54.3 Å². The van der Waals surface area contributed by atoms with Crippen LogP contribution in [-0.2, 0) is 9.53 Å². The van der Waals surface area contributed by atoms with Crippen LogP contribution in [0.15, 0.2) is 10.1 Å². The van der Waals surface area contributed by atoms with Gasteiger partial charge in [0.1, 0.15) is 24.0 Å². The fraction of sp³-hybridized carbons (Fsp3) is 0.600. The van der Waals surface area contributed by atoms with E-state index in [9.17, 15) is 15.0 Å². The summed E-state index contributed by atoms with van der Waals surface area (Å²) in [4.78, 5) is 15.5. The summed E-state index contributed by atoms with van der Waals surface area (Å²) >= 11 is 0. The lowest BCUT2D eigenvalue weighted by atomic mass is 10.1. The SMILES string of the molecule is CN=C(C(=N)C(N)=NO)C(=O)NC1OC(CO)C(O)C1O. The van der Waals surface area contributed by atoms with Crippen LogP contribution < -0.4 is 11.1 Å². The first-order valence-electron chi connectivity index (χ1n) is 5.84. The van der Waals surface area contributed by atoms with Crippen molar-refractivity contribution in [2.45, 2.75) is 24.5 Å². The molecule has 1 fully saturated rings. The summed E-state index contributed by atoms with van der Waals surface area (Å²) in [5.74, 6) is -1.55. The zero-order valence-electron chi connectivity index (χ0n) is 11.1. The molecule has 1 heterocycles. The van der Waals surface area contributed by atoms with Crippen molar-refractivity contribution in [1.82, 2.24) is 5.32 Å². The van der Waals surface area contributed by atoms with E-state index in [1.165, 1.54) is 7.05 Å². The van der Waals surface area contributed by atoms with Crippen molar-refractivity contribution < 1.29 is 30.1 Å². The first-order chi connectivity index (χ1) is 9.87. The van der Waals surface area contributed by atoms with Crippen LogP contribution in [0.5, 0.6) is 0 Å². The molecule has 8 N–H and O–H groups in total. The molecule has 21 heavy (non-hydrogen) atoms. The number of hydrogen-bond donors (Lipinski definition) is 7. The van der Waals surface area contributed by atoms with Crippen LogP contribution in [-0.4, -0.2) is 81.9 Å². The highest BCUT2D eigenvalue weighted by atomic mass is 16.6. The number of oxime groups is 1. The summed E-state index contributed by atoms with van der Waals surface area (Å²) in [6.45, 7) is -0.542. The second-order valence-corrected chi connectivity index (χ2v) is 4.16. The van der Waals surface area contributed by atoms with Gasteiger partial charge in [0.2, 0.25) is 0 Å². The Kier molecular flexibility index (Phi) is 5.72. The number of nitrogens with zero attached hydrogens (tertiary/aromatic N) is 2. The molecule has 1 rings (SSSR count). The average molecular weight is 303 g/mol. The molecule has 4 unspecified atom stereocenters. The normalized spacial score (nSPS) is 30.3. The van der Waals surface area contributed by atoms with Gasteiger partial charge in [-0.15, -0.1) is 0 Å². The number of carbonyl (C=O) groups excluding carboxylic acids is 1. The first kappa shape index (κ1) is 17.0. The molecule has 1 aliphatic heterocycles. The van der Waals surface area contributed by atoms with E-state index in [1.807, 2.05) is 0 Å². The predicted molar refractivity (Wildman–Crippen MR) is 70.4 cm³/mol. The topological polar surface area (TPSA) is 194 Å². The van der Waals surface area contributed by atoms with Gasteiger partial charge in [0.05, 0.1) is 6.61 Å². The van der Waals surface area contributed by atoms with Gasteiger partial charge in [0, 0.05) is 7.05 Å². The molecule has 11 heteroatoms. The molecule has 0 spiro atoms. The van der Waals surface area contributed by atoms with Gasteiger partial charge in [-0.1, -0.05) is 5.16 Å². The Morgan fingerprint density at radius 3 is 2.48 bits per heavy atom. The maximum Gasteiger partial charge on any atom is 0.273 e. The quantitative estimate of drug-likeness (QED) is 0.118. The lowest BCUT2D eigenvalue weighted by Gasteiger charge is -2.17. The van der Waals surface area contributed by atoms with Gasteiger partial charge >= 0.3 is 0 Å². The lowest BCUT2D eigenvalue weighted by Crippen LogP contribution is -2.49. The van der Waals surface area contributed by atoms with Crippen molar-refractivity contribution in [2.24, 2.45) is 15.9 Å². The number of amides is 1. The van der Waals surface area contributed by atoms with E-state index >= 15 is 0 Å². The minimum Gasteiger partial charge on any atom is -0.409 e. The number of nitrogens with two attached hydrogens (primary N) is 1. The Morgan fingerprint density at radius 1 is 1.43 bits per heavy atom. The molecule has 0 aromatic heterocycles. The van der Waals surface area contributed by atoms with E-state index in [1.54, 1.807) is 0 Å². The van der Waals surface area contributed by atoms with Crippen LogP contribution in [0.3, 0.4) is 0 Å². The molecule has 0 bridgehead atoms. The highest BCUT2D eigenvalue weighted by Crippen LogP contribution is 2.19. The van der Waals surface area contributed by atoms with Crippen molar-refractivity contribution in [3.8, 4) is 0 Å². The number of ether oxygens (including phenoxy) is 1. The third kappa shape index (κ3) is 3.52. The van der Waals surface area contributed by atoms with Crippen LogP contribution in [0.25, 0.3) is 0 Å². The summed E-state index contributed by atoms with van der Waals surface area (Å²) in [7, 11) is 1.21. The Balaban J connectivity index is 2.79. The van der Waals surface area contributed by atoms with Crippen molar-refractivity contribution in [2.75, 3.05) is 13.7 Å². The number of hydrogen-bond acceptors (Lipinski definition) is 9. The summed E-state index contributed by atoms with van der Waals surface area (Å²) < 4.78 is 5.05. The molecule has 118 valence electrons. The molecule has 1 amide bonds. The van der Waals surface area contributed by atoms with Crippen LogP contribution in [0, 0.1) is 5.41 Å². The van der Waals surface area contributed by atoms with Gasteiger partial charge in [-0.3, -0.25) is 15.2 Å². The van der Waals surface area contributed by atoms with E-state index in [4.69, 9.17) is 26.2 Å². The number of nitrogens with one attached hydrogen (secondary N) is 2. The second-order valence-electron chi connectivity index (χ2n) is 4.16. The maximum absolute atomic E-state index is 11.9. The molecular formula is C10H17N5O6.